The lowest BCUT2D eigenvalue weighted by Crippen LogP contribution is -2.54. The third-order valence-electron chi connectivity index (χ3n) is 5.38. The second kappa shape index (κ2) is 9.62. The Balaban J connectivity index is 1.65. The Bertz CT molecular complexity index is 851. The highest BCUT2D eigenvalue weighted by Gasteiger charge is 2.36. The molecular formula is C19H26FN5O5S. The number of carbonyl (C=O) groups excluding carboxylic acids is 2. The lowest BCUT2D eigenvalue weighted by Gasteiger charge is -2.37. The Morgan fingerprint density at radius 3 is 2.68 bits per heavy atom. The van der Waals surface area contributed by atoms with Gasteiger partial charge in [0.1, 0.15) is 11.9 Å². The third-order valence-corrected chi connectivity index (χ3v) is 5.83. The van der Waals surface area contributed by atoms with E-state index < -0.39 is 30.8 Å². The molecule has 12 heteroatoms. The molecule has 2 heterocycles. The Morgan fingerprint density at radius 1 is 1.42 bits per heavy atom. The standard InChI is InChI=1S/C19H26FN5O5S/c1-22(19(31)29-2)16-10-25(18(28)30-16)12-3-4-15(13(20)9-12)23-5-7-24(8-6-23)17(27)14(21)11-26/h3-4,9,14,16,26H,5-8,10-11,21H2,1-2H3/t14-,16?/m0/s1. The van der Waals surface area contributed by atoms with Gasteiger partial charge in [-0.05, 0) is 30.4 Å². The average Bonchev–Trinajstić information content (AvgIpc) is 3.18. The smallest absolute Gasteiger partial charge is 0.416 e. The zero-order chi connectivity index (χ0) is 22.7. The molecule has 2 amide bonds. The van der Waals surface area contributed by atoms with Crippen molar-refractivity contribution in [2.75, 3.05) is 63.3 Å². The zero-order valence-electron chi connectivity index (χ0n) is 17.4. The largest absolute Gasteiger partial charge is 0.474 e. The molecule has 170 valence electrons. The van der Waals surface area contributed by atoms with E-state index >= 15 is 0 Å². The van der Waals surface area contributed by atoms with Gasteiger partial charge in [0.2, 0.25) is 5.91 Å². The van der Waals surface area contributed by atoms with E-state index in [1.807, 2.05) is 4.90 Å². The SMILES string of the molecule is COC(=S)N(C)C1CN(c2ccc(N3CCN(C(=O)[C@@H](N)CO)CC3)c(F)c2)C(=O)O1. The number of nitrogens with zero attached hydrogens (tertiary/aromatic N) is 4. The summed E-state index contributed by atoms with van der Waals surface area (Å²) in [5.41, 5.74) is 6.33. The molecule has 3 N–H and O–H groups in total. The Labute approximate surface area is 184 Å². The minimum absolute atomic E-state index is 0.170. The van der Waals surface area contributed by atoms with Crippen molar-refractivity contribution in [3.8, 4) is 0 Å². The molecule has 2 saturated heterocycles. The number of halogens is 1. The van der Waals surface area contributed by atoms with E-state index in [4.69, 9.17) is 32.5 Å². The van der Waals surface area contributed by atoms with Gasteiger partial charge in [-0.15, -0.1) is 0 Å². The lowest BCUT2D eigenvalue weighted by molar-refractivity contribution is -0.133. The highest BCUT2D eigenvalue weighted by Crippen LogP contribution is 2.29. The number of carbonyl (C=O) groups is 2. The minimum atomic E-state index is -0.941. The second-order valence-corrected chi connectivity index (χ2v) is 7.62. The summed E-state index contributed by atoms with van der Waals surface area (Å²) >= 11 is 5.05. The van der Waals surface area contributed by atoms with Crippen LogP contribution in [0.3, 0.4) is 0 Å². The Morgan fingerprint density at radius 2 is 2.10 bits per heavy atom. The maximum atomic E-state index is 14.9. The molecule has 0 bridgehead atoms. The summed E-state index contributed by atoms with van der Waals surface area (Å²) < 4.78 is 25.2. The van der Waals surface area contributed by atoms with Crippen LogP contribution in [-0.2, 0) is 14.3 Å². The van der Waals surface area contributed by atoms with E-state index in [0.29, 0.717) is 37.6 Å². The van der Waals surface area contributed by atoms with E-state index in [1.165, 1.54) is 23.0 Å². The predicted molar refractivity (Wildman–Crippen MR) is 115 cm³/mol. The van der Waals surface area contributed by atoms with Crippen LogP contribution < -0.4 is 15.5 Å². The summed E-state index contributed by atoms with van der Waals surface area (Å²) in [5.74, 6) is -0.806. The van der Waals surface area contributed by atoms with Crippen LogP contribution in [0.2, 0.25) is 0 Å². The van der Waals surface area contributed by atoms with Crippen LogP contribution >= 0.6 is 12.2 Å². The van der Waals surface area contributed by atoms with Gasteiger partial charge in [0.15, 0.2) is 6.23 Å². The number of nitrogens with two attached hydrogens (primary N) is 1. The number of likely N-dealkylation sites (N-methyl/N-ethyl adjacent to an activating group) is 1. The number of hydrogen-bond donors (Lipinski definition) is 2. The molecule has 2 aliphatic rings. The third kappa shape index (κ3) is 4.81. The number of ether oxygens (including phenoxy) is 2. The van der Waals surface area contributed by atoms with Crippen molar-refractivity contribution in [2.24, 2.45) is 5.73 Å². The molecule has 0 spiro atoms. The number of rotatable bonds is 5. The van der Waals surface area contributed by atoms with Gasteiger partial charge in [-0.3, -0.25) is 14.6 Å². The summed E-state index contributed by atoms with van der Waals surface area (Å²) in [5, 5.41) is 9.22. The van der Waals surface area contributed by atoms with Crippen LogP contribution in [0.15, 0.2) is 18.2 Å². The number of amides is 2. The van der Waals surface area contributed by atoms with Gasteiger partial charge in [-0.1, -0.05) is 0 Å². The number of hydrogen-bond acceptors (Lipinski definition) is 8. The number of anilines is 2. The van der Waals surface area contributed by atoms with Crippen LogP contribution in [-0.4, -0.2) is 97.8 Å². The molecule has 0 aliphatic carbocycles. The first-order valence-electron chi connectivity index (χ1n) is 9.75. The molecule has 31 heavy (non-hydrogen) atoms. The van der Waals surface area contributed by atoms with Gasteiger partial charge in [0.25, 0.3) is 5.17 Å². The average molecular weight is 456 g/mol. The molecule has 1 aromatic rings. The number of methoxy groups -OCH3 is 1. The maximum absolute atomic E-state index is 14.9. The highest BCUT2D eigenvalue weighted by molar-refractivity contribution is 7.80. The summed E-state index contributed by atoms with van der Waals surface area (Å²) in [6.07, 6.45) is -1.24. The second-order valence-electron chi connectivity index (χ2n) is 7.27. The zero-order valence-corrected chi connectivity index (χ0v) is 18.2. The van der Waals surface area contributed by atoms with Crippen molar-refractivity contribution in [2.45, 2.75) is 12.3 Å². The number of aliphatic hydroxyl groups is 1. The molecule has 1 aromatic carbocycles. The number of aliphatic hydroxyl groups excluding tert-OH is 1. The maximum Gasteiger partial charge on any atom is 0.416 e. The Kier molecular flexibility index (Phi) is 7.13. The normalized spacial score (nSPS) is 19.8. The molecule has 2 aliphatic heterocycles. The van der Waals surface area contributed by atoms with Gasteiger partial charge < -0.3 is 30.1 Å². The van der Waals surface area contributed by atoms with Crippen molar-refractivity contribution in [1.29, 1.82) is 0 Å². The molecule has 0 radical (unpaired) electrons. The first kappa shape index (κ1) is 23.0. The van der Waals surface area contributed by atoms with Crippen molar-refractivity contribution in [3.05, 3.63) is 24.0 Å². The Hall–Kier alpha value is -2.70. The monoisotopic (exact) mass is 455 g/mol. The summed E-state index contributed by atoms with van der Waals surface area (Å²) in [6, 6.07) is 3.60. The number of thiocarbonyl (C=S) groups is 1. The van der Waals surface area contributed by atoms with Crippen molar-refractivity contribution < 1.29 is 28.6 Å². The van der Waals surface area contributed by atoms with Gasteiger partial charge in [0, 0.05) is 33.2 Å². The molecule has 0 aromatic heterocycles. The van der Waals surface area contributed by atoms with Crippen molar-refractivity contribution in [1.82, 2.24) is 9.80 Å². The lowest BCUT2D eigenvalue weighted by atomic mass is 10.2. The summed E-state index contributed by atoms with van der Waals surface area (Å²) in [4.78, 5) is 30.6. The topological polar surface area (TPSA) is 112 Å². The first-order valence-corrected chi connectivity index (χ1v) is 10.2. The van der Waals surface area contributed by atoms with E-state index in [9.17, 15) is 14.0 Å². The van der Waals surface area contributed by atoms with Gasteiger partial charge in [0.05, 0.1) is 31.6 Å². The van der Waals surface area contributed by atoms with Crippen molar-refractivity contribution in [3.63, 3.8) is 0 Å². The van der Waals surface area contributed by atoms with E-state index in [2.05, 4.69) is 0 Å². The van der Waals surface area contributed by atoms with Crippen LogP contribution in [0.1, 0.15) is 0 Å². The van der Waals surface area contributed by atoms with Crippen LogP contribution in [0.25, 0.3) is 0 Å². The van der Waals surface area contributed by atoms with Crippen molar-refractivity contribution >= 4 is 40.8 Å². The molecule has 0 saturated carbocycles. The summed E-state index contributed by atoms with van der Waals surface area (Å²) in [6.45, 7) is 1.35. The van der Waals surface area contributed by atoms with Gasteiger partial charge in [-0.25, -0.2) is 9.18 Å². The number of piperazine rings is 1. The van der Waals surface area contributed by atoms with E-state index in [-0.39, 0.29) is 17.6 Å². The molecule has 1 unspecified atom stereocenters. The minimum Gasteiger partial charge on any atom is -0.474 e. The number of benzene rings is 1. The van der Waals surface area contributed by atoms with E-state index in [0.717, 1.165) is 0 Å². The fraction of sp³-hybridized carbons (Fsp3) is 0.526. The molecule has 3 rings (SSSR count). The van der Waals surface area contributed by atoms with Crippen LogP contribution in [0, 0.1) is 5.82 Å². The molecule has 10 nitrogen and oxygen atoms in total. The predicted octanol–water partition coefficient (Wildman–Crippen LogP) is -0.0603. The highest BCUT2D eigenvalue weighted by atomic mass is 32.1. The number of cyclic esters (lactones) is 1. The first-order chi connectivity index (χ1) is 14.8. The molecular weight excluding hydrogens is 429 g/mol. The van der Waals surface area contributed by atoms with Crippen LogP contribution in [0.5, 0.6) is 0 Å². The quantitative estimate of drug-likeness (QED) is 0.590. The van der Waals surface area contributed by atoms with Crippen LogP contribution in [0.4, 0.5) is 20.6 Å². The molecule has 2 fully saturated rings. The molecule has 2 atom stereocenters. The van der Waals surface area contributed by atoms with Gasteiger partial charge >= 0.3 is 6.09 Å². The van der Waals surface area contributed by atoms with Gasteiger partial charge in [-0.2, -0.15) is 0 Å². The fourth-order valence-corrected chi connectivity index (χ4v) is 3.64. The fourth-order valence-electron chi connectivity index (χ4n) is 3.52. The summed E-state index contributed by atoms with van der Waals surface area (Å²) in [7, 11) is 3.08. The van der Waals surface area contributed by atoms with E-state index in [1.54, 1.807) is 24.1 Å².